The summed E-state index contributed by atoms with van der Waals surface area (Å²) in [5.74, 6) is 0.0364. The molecule has 0 N–H and O–H groups in total. The molecule has 0 radical (unpaired) electrons. The molecule has 3 nitrogen and oxygen atoms in total. The van der Waals surface area contributed by atoms with Gasteiger partial charge in [0, 0.05) is 28.6 Å². The SMILES string of the molecule is Cc1ccc(Br)cc1C(=O)N1CCC(=O)c2ccccc21. The zero-order chi connectivity index (χ0) is 15.0. The van der Waals surface area contributed by atoms with Crippen LogP contribution in [0.4, 0.5) is 5.69 Å². The van der Waals surface area contributed by atoms with Crippen LogP contribution in [0.5, 0.6) is 0 Å². The number of hydrogen-bond donors (Lipinski definition) is 0. The summed E-state index contributed by atoms with van der Waals surface area (Å²) < 4.78 is 0.873. The van der Waals surface area contributed by atoms with Crippen LogP contribution in [-0.4, -0.2) is 18.2 Å². The zero-order valence-corrected chi connectivity index (χ0v) is 13.2. The van der Waals surface area contributed by atoms with Gasteiger partial charge in [0.25, 0.3) is 5.91 Å². The number of para-hydroxylation sites is 1. The van der Waals surface area contributed by atoms with Crippen LogP contribution in [0.1, 0.15) is 32.7 Å². The molecule has 0 fully saturated rings. The molecule has 1 aliphatic heterocycles. The van der Waals surface area contributed by atoms with E-state index in [4.69, 9.17) is 0 Å². The highest BCUT2D eigenvalue weighted by Crippen LogP contribution is 2.29. The Morgan fingerprint density at radius 3 is 2.76 bits per heavy atom. The number of benzene rings is 2. The van der Waals surface area contributed by atoms with Crippen LogP contribution < -0.4 is 4.90 Å². The first kappa shape index (κ1) is 14.0. The molecule has 2 aromatic carbocycles. The van der Waals surface area contributed by atoms with E-state index in [1.54, 1.807) is 11.0 Å². The zero-order valence-electron chi connectivity index (χ0n) is 11.6. The van der Waals surface area contributed by atoms with Crippen molar-refractivity contribution >= 4 is 33.3 Å². The van der Waals surface area contributed by atoms with Crippen LogP contribution >= 0.6 is 15.9 Å². The first-order valence-corrected chi connectivity index (χ1v) is 7.57. The monoisotopic (exact) mass is 343 g/mol. The van der Waals surface area contributed by atoms with Crippen molar-refractivity contribution in [3.8, 4) is 0 Å². The summed E-state index contributed by atoms with van der Waals surface area (Å²) in [6.45, 7) is 2.35. The number of hydrogen-bond acceptors (Lipinski definition) is 2. The van der Waals surface area contributed by atoms with Crippen molar-refractivity contribution in [2.45, 2.75) is 13.3 Å². The number of anilines is 1. The number of amides is 1. The average molecular weight is 344 g/mol. The molecule has 0 spiro atoms. The molecular weight excluding hydrogens is 330 g/mol. The van der Waals surface area contributed by atoms with Crippen LogP contribution in [0.3, 0.4) is 0 Å². The van der Waals surface area contributed by atoms with Gasteiger partial charge in [0.15, 0.2) is 5.78 Å². The lowest BCUT2D eigenvalue weighted by Crippen LogP contribution is -2.37. The maximum Gasteiger partial charge on any atom is 0.258 e. The van der Waals surface area contributed by atoms with E-state index in [2.05, 4.69) is 15.9 Å². The topological polar surface area (TPSA) is 37.4 Å². The van der Waals surface area contributed by atoms with Crippen molar-refractivity contribution in [3.63, 3.8) is 0 Å². The molecule has 21 heavy (non-hydrogen) atoms. The summed E-state index contributed by atoms with van der Waals surface area (Å²) in [5, 5.41) is 0. The molecule has 106 valence electrons. The summed E-state index contributed by atoms with van der Waals surface area (Å²) in [6.07, 6.45) is 0.371. The first-order valence-electron chi connectivity index (χ1n) is 6.78. The fourth-order valence-corrected chi connectivity index (χ4v) is 2.96. The minimum absolute atomic E-state index is 0.0613. The Balaban J connectivity index is 2.05. The molecule has 0 aromatic heterocycles. The van der Waals surface area contributed by atoms with Crippen molar-refractivity contribution < 1.29 is 9.59 Å². The summed E-state index contributed by atoms with van der Waals surface area (Å²) in [5.41, 5.74) is 2.92. The molecule has 0 bridgehead atoms. The number of halogens is 1. The minimum atomic E-state index is -0.0613. The van der Waals surface area contributed by atoms with Crippen molar-refractivity contribution in [2.24, 2.45) is 0 Å². The Bertz CT molecular complexity index is 739. The molecule has 1 heterocycles. The fraction of sp³-hybridized carbons (Fsp3) is 0.176. The van der Waals surface area contributed by atoms with Crippen molar-refractivity contribution in [3.05, 3.63) is 63.6 Å². The van der Waals surface area contributed by atoms with E-state index in [1.165, 1.54) is 0 Å². The molecule has 1 aliphatic rings. The van der Waals surface area contributed by atoms with Gasteiger partial charge in [-0.2, -0.15) is 0 Å². The lowest BCUT2D eigenvalue weighted by Gasteiger charge is -2.29. The Morgan fingerprint density at radius 1 is 1.19 bits per heavy atom. The Labute approximate surface area is 131 Å². The maximum absolute atomic E-state index is 12.8. The molecule has 4 heteroatoms. The van der Waals surface area contributed by atoms with Gasteiger partial charge in [-0.3, -0.25) is 9.59 Å². The Hall–Kier alpha value is -1.94. The number of carbonyl (C=O) groups is 2. The van der Waals surface area contributed by atoms with Gasteiger partial charge in [-0.05, 0) is 36.8 Å². The lowest BCUT2D eigenvalue weighted by molar-refractivity contribution is 0.0955. The highest BCUT2D eigenvalue weighted by molar-refractivity contribution is 9.10. The summed E-state index contributed by atoms with van der Waals surface area (Å²) >= 11 is 3.41. The van der Waals surface area contributed by atoms with Crippen molar-refractivity contribution in [1.29, 1.82) is 0 Å². The lowest BCUT2D eigenvalue weighted by atomic mass is 9.99. The van der Waals surface area contributed by atoms with Crippen LogP contribution in [0.15, 0.2) is 46.9 Å². The predicted molar refractivity (Wildman–Crippen MR) is 85.9 cm³/mol. The van der Waals surface area contributed by atoms with E-state index >= 15 is 0 Å². The smallest absolute Gasteiger partial charge is 0.258 e. The number of ketones is 1. The highest BCUT2D eigenvalue weighted by atomic mass is 79.9. The molecular formula is C17H14BrNO2. The van der Waals surface area contributed by atoms with Crippen molar-refractivity contribution in [1.82, 2.24) is 0 Å². The fourth-order valence-electron chi connectivity index (χ4n) is 2.59. The van der Waals surface area contributed by atoms with Gasteiger partial charge >= 0.3 is 0 Å². The van der Waals surface area contributed by atoms with Gasteiger partial charge in [-0.15, -0.1) is 0 Å². The van der Waals surface area contributed by atoms with Gasteiger partial charge in [0.1, 0.15) is 0 Å². The number of carbonyl (C=O) groups excluding carboxylic acids is 2. The second-order valence-electron chi connectivity index (χ2n) is 5.11. The third-order valence-electron chi connectivity index (χ3n) is 3.73. The number of fused-ring (bicyclic) bond motifs is 1. The number of Topliss-reactive ketones (excluding diaryl/α,β-unsaturated/α-hetero) is 1. The normalized spacial score (nSPS) is 14.0. The van der Waals surface area contributed by atoms with Crippen LogP contribution in [0, 0.1) is 6.92 Å². The Kier molecular flexibility index (Phi) is 3.64. The first-order chi connectivity index (χ1) is 10.1. The van der Waals surface area contributed by atoms with Gasteiger partial charge in [0.2, 0.25) is 0 Å². The highest BCUT2D eigenvalue weighted by Gasteiger charge is 2.28. The maximum atomic E-state index is 12.8. The number of aryl methyl sites for hydroxylation is 1. The molecule has 1 amide bonds. The van der Waals surface area contributed by atoms with E-state index in [0.717, 1.165) is 10.0 Å². The Morgan fingerprint density at radius 2 is 1.95 bits per heavy atom. The quantitative estimate of drug-likeness (QED) is 0.784. The van der Waals surface area contributed by atoms with Gasteiger partial charge < -0.3 is 4.90 Å². The summed E-state index contributed by atoms with van der Waals surface area (Å²) in [7, 11) is 0. The average Bonchev–Trinajstić information content (AvgIpc) is 2.50. The van der Waals surface area contributed by atoms with E-state index in [1.807, 2.05) is 43.3 Å². The third-order valence-corrected chi connectivity index (χ3v) is 4.23. The second kappa shape index (κ2) is 5.45. The van der Waals surface area contributed by atoms with E-state index < -0.39 is 0 Å². The minimum Gasteiger partial charge on any atom is -0.307 e. The predicted octanol–water partition coefficient (Wildman–Crippen LogP) is 3.99. The second-order valence-corrected chi connectivity index (χ2v) is 6.02. The van der Waals surface area contributed by atoms with E-state index in [9.17, 15) is 9.59 Å². The molecule has 0 unspecified atom stereocenters. The molecule has 0 saturated carbocycles. The van der Waals surface area contributed by atoms with Crippen LogP contribution in [-0.2, 0) is 0 Å². The van der Waals surface area contributed by atoms with Gasteiger partial charge in [0.05, 0.1) is 5.69 Å². The molecule has 3 rings (SSSR count). The largest absolute Gasteiger partial charge is 0.307 e. The molecule has 2 aromatic rings. The standard InChI is InChI=1S/C17H14BrNO2/c1-11-6-7-12(18)10-14(11)17(21)19-9-8-16(20)13-4-2-3-5-15(13)19/h2-7,10H,8-9H2,1H3. The number of rotatable bonds is 1. The molecule has 0 saturated heterocycles. The van der Waals surface area contributed by atoms with Crippen molar-refractivity contribution in [2.75, 3.05) is 11.4 Å². The van der Waals surface area contributed by atoms with Crippen LogP contribution in [0.2, 0.25) is 0 Å². The molecule has 0 atom stereocenters. The number of nitrogens with zero attached hydrogens (tertiary/aromatic N) is 1. The third kappa shape index (κ3) is 2.51. The summed E-state index contributed by atoms with van der Waals surface area (Å²) in [6, 6.07) is 13.0. The van der Waals surface area contributed by atoms with E-state index in [-0.39, 0.29) is 11.7 Å². The van der Waals surface area contributed by atoms with Gasteiger partial charge in [-0.25, -0.2) is 0 Å². The molecule has 0 aliphatic carbocycles. The van der Waals surface area contributed by atoms with Gasteiger partial charge in [-0.1, -0.05) is 34.1 Å². The van der Waals surface area contributed by atoms with Crippen LogP contribution in [0.25, 0.3) is 0 Å². The van der Waals surface area contributed by atoms with E-state index in [0.29, 0.717) is 29.8 Å². The summed E-state index contributed by atoms with van der Waals surface area (Å²) in [4.78, 5) is 26.5.